The number of ether oxygens (including phenoxy) is 1. The van der Waals surface area contributed by atoms with Gasteiger partial charge in [-0.3, -0.25) is 19.5 Å². The lowest BCUT2D eigenvalue weighted by atomic mass is 9.94. The summed E-state index contributed by atoms with van der Waals surface area (Å²) < 4.78 is 5.34. The van der Waals surface area contributed by atoms with Crippen molar-refractivity contribution in [3.8, 4) is 5.75 Å². The first-order valence-corrected chi connectivity index (χ1v) is 13.2. The molecular formula is C29H29N3O3S. The fraction of sp³-hybridized carbons (Fsp3) is 0.276. The summed E-state index contributed by atoms with van der Waals surface area (Å²) in [5.41, 5.74) is 2.21. The van der Waals surface area contributed by atoms with Gasteiger partial charge in [-0.2, -0.15) is 0 Å². The SMILES string of the molecule is COc1ccc(N(C(=O)c2cccs2)[C@@H](C(=O)NC2CCCCC2)c2ccc3ncccc3c2)cc1. The molecule has 0 spiro atoms. The van der Waals surface area contributed by atoms with Crippen LogP contribution in [-0.4, -0.2) is 29.9 Å². The molecule has 4 aromatic rings. The number of nitrogens with zero attached hydrogens (tertiary/aromatic N) is 2. The van der Waals surface area contributed by atoms with E-state index in [2.05, 4.69) is 10.3 Å². The van der Waals surface area contributed by atoms with E-state index in [-0.39, 0.29) is 17.9 Å². The summed E-state index contributed by atoms with van der Waals surface area (Å²) in [6, 6.07) is 19.8. The molecule has 2 aromatic carbocycles. The van der Waals surface area contributed by atoms with E-state index in [4.69, 9.17) is 4.74 Å². The van der Waals surface area contributed by atoms with Gasteiger partial charge in [0.1, 0.15) is 11.8 Å². The molecule has 1 N–H and O–H groups in total. The Hall–Kier alpha value is -3.71. The van der Waals surface area contributed by atoms with Crippen LogP contribution in [0.15, 0.2) is 78.3 Å². The average Bonchev–Trinajstić information content (AvgIpc) is 3.47. The number of amides is 2. The number of methoxy groups -OCH3 is 1. The first kappa shape index (κ1) is 24.0. The average molecular weight is 500 g/mol. The minimum Gasteiger partial charge on any atom is -0.497 e. The number of benzene rings is 2. The largest absolute Gasteiger partial charge is 0.497 e. The Balaban J connectivity index is 1.62. The number of aromatic nitrogens is 1. The molecular weight excluding hydrogens is 470 g/mol. The van der Waals surface area contributed by atoms with Crippen molar-refractivity contribution in [2.45, 2.75) is 44.2 Å². The van der Waals surface area contributed by atoms with Gasteiger partial charge in [-0.25, -0.2) is 0 Å². The van der Waals surface area contributed by atoms with Crippen molar-refractivity contribution < 1.29 is 14.3 Å². The molecule has 0 radical (unpaired) electrons. The van der Waals surface area contributed by atoms with Crippen LogP contribution in [0.25, 0.3) is 10.9 Å². The Morgan fingerprint density at radius 1 is 1.03 bits per heavy atom. The van der Waals surface area contributed by atoms with Gasteiger partial charge in [0.25, 0.3) is 5.91 Å². The minimum atomic E-state index is -0.848. The van der Waals surface area contributed by atoms with E-state index in [0.29, 0.717) is 16.3 Å². The zero-order valence-electron chi connectivity index (χ0n) is 20.2. The second-order valence-corrected chi connectivity index (χ2v) is 10.00. The predicted molar refractivity (Wildman–Crippen MR) is 144 cm³/mol. The van der Waals surface area contributed by atoms with Crippen molar-refractivity contribution in [2.24, 2.45) is 0 Å². The number of carbonyl (C=O) groups excluding carboxylic acids is 2. The van der Waals surface area contributed by atoms with Crippen molar-refractivity contribution in [2.75, 3.05) is 12.0 Å². The van der Waals surface area contributed by atoms with Gasteiger partial charge in [-0.15, -0.1) is 11.3 Å². The third kappa shape index (κ3) is 5.11. The lowest BCUT2D eigenvalue weighted by Gasteiger charge is -2.33. The summed E-state index contributed by atoms with van der Waals surface area (Å²) in [6.45, 7) is 0. The summed E-state index contributed by atoms with van der Waals surface area (Å²) in [4.78, 5) is 34.6. The Labute approximate surface area is 214 Å². The molecule has 5 rings (SSSR count). The molecule has 2 heterocycles. The number of fused-ring (bicyclic) bond motifs is 1. The fourth-order valence-electron chi connectivity index (χ4n) is 4.85. The molecule has 36 heavy (non-hydrogen) atoms. The molecule has 0 saturated heterocycles. The molecule has 1 aliphatic carbocycles. The predicted octanol–water partition coefficient (Wildman–Crippen LogP) is 6.14. The van der Waals surface area contributed by atoms with E-state index in [1.807, 2.05) is 66.0 Å². The molecule has 2 amide bonds. The molecule has 6 nitrogen and oxygen atoms in total. The van der Waals surface area contributed by atoms with E-state index >= 15 is 0 Å². The maximum absolute atomic E-state index is 14.0. The highest BCUT2D eigenvalue weighted by molar-refractivity contribution is 7.12. The van der Waals surface area contributed by atoms with Crippen LogP contribution in [0.4, 0.5) is 5.69 Å². The summed E-state index contributed by atoms with van der Waals surface area (Å²) in [5, 5.41) is 6.06. The number of hydrogen-bond acceptors (Lipinski definition) is 5. The van der Waals surface area contributed by atoms with Crippen molar-refractivity contribution in [1.82, 2.24) is 10.3 Å². The number of pyridine rings is 1. The highest BCUT2D eigenvalue weighted by atomic mass is 32.1. The molecule has 2 aromatic heterocycles. The quantitative estimate of drug-likeness (QED) is 0.331. The second-order valence-electron chi connectivity index (χ2n) is 9.05. The third-order valence-corrected chi connectivity index (χ3v) is 7.56. The summed E-state index contributed by atoms with van der Waals surface area (Å²) in [7, 11) is 1.60. The Bertz CT molecular complexity index is 1330. The van der Waals surface area contributed by atoms with Crippen molar-refractivity contribution >= 4 is 39.7 Å². The maximum Gasteiger partial charge on any atom is 0.269 e. The Morgan fingerprint density at radius 2 is 1.83 bits per heavy atom. The standard InChI is InChI=1S/C29H29N3O3S/c1-35-24-14-12-23(13-15-24)32(29(34)26-10-6-18-36-26)27(28(33)31-22-8-3-2-4-9-22)21-11-16-25-20(19-21)7-5-17-30-25/h5-7,10-19,22,27H,2-4,8-9H2,1H3,(H,31,33)/t27-/m1/s1. The van der Waals surface area contributed by atoms with Gasteiger partial charge < -0.3 is 10.1 Å². The third-order valence-electron chi connectivity index (χ3n) is 6.70. The molecule has 0 bridgehead atoms. The molecule has 1 aliphatic rings. The van der Waals surface area contributed by atoms with Crippen LogP contribution >= 0.6 is 11.3 Å². The molecule has 1 saturated carbocycles. The van der Waals surface area contributed by atoms with Gasteiger partial charge in [0.2, 0.25) is 5.91 Å². The van der Waals surface area contributed by atoms with Crippen LogP contribution in [0.2, 0.25) is 0 Å². The lowest BCUT2D eigenvalue weighted by molar-refractivity contribution is -0.123. The zero-order chi connectivity index (χ0) is 24.9. The van der Waals surface area contributed by atoms with Gasteiger partial charge in [0.05, 0.1) is 17.5 Å². The van der Waals surface area contributed by atoms with E-state index in [9.17, 15) is 9.59 Å². The molecule has 184 valence electrons. The van der Waals surface area contributed by atoms with Crippen LogP contribution in [0, 0.1) is 0 Å². The van der Waals surface area contributed by atoms with Crippen LogP contribution in [0.5, 0.6) is 5.75 Å². The molecule has 0 unspecified atom stereocenters. The smallest absolute Gasteiger partial charge is 0.269 e. The van der Waals surface area contributed by atoms with Crippen LogP contribution in [-0.2, 0) is 4.79 Å². The highest BCUT2D eigenvalue weighted by Crippen LogP contribution is 2.33. The van der Waals surface area contributed by atoms with Crippen molar-refractivity contribution in [3.05, 3.63) is 88.7 Å². The minimum absolute atomic E-state index is 0.116. The van der Waals surface area contributed by atoms with Crippen molar-refractivity contribution in [3.63, 3.8) is 0 Å². The fourth-order valence-corrected chi connectivity index (χ4v) is 5.51. The lowest BCUT2D eigenvalue weighted by Crippen LogP contribution is -2.47. The zero-order valence-corrected chi connectivity index (χ0v) is 21.0. The monoisotopic (exact) mass is 499 g/mol. The molecule has 0 aliphatic heterocycles. The second kappa shape index (κ2) is 10.9. The Kier molecular flexibility index (Phi) is 7.28. The number of hydrogen-bond donors (Lipinski definition) is 1. The topological polar surface area (TPSA) is 71.5 Å². The van der Waals surface area contributed by atoms with Crippen LogP contribution in [0.1, 0.15) is 53.4 Å². The van der Waals surface area contributed by atoms with E-state index in [1.54, 1.807) is 24.3 Å². The van der Waals surface area contributed by atoms with E-state index in [1.165, 1.54) is 17.8 Å². The normalized spacial score (nSPS) is 14.8. The number of thiophene rings is 1. The van der Waals surface area contributed by atoms with E-state index < -0.39 is 6.04 Å². The van der Waals surface area contributed by atoms with Gasteiger partial charge >= 0.3 is 0 Å². The molecule has 1 atom stereocenters. The van der Waals surface area contributed by atoms with E-state index in [0.717, 1.165) is 42.1 Å². The van der Waals surface area contributed by atoms with Crippen LogP contribution < -0.4 is 15.0 Å². The number of rotatable bonds is 7. The first-order valence-electron chi connectivity index (χ1n) is 12.3. The summed E-state index contributed by atoms with van der Waals surface area (Å²) in [5.74, 6) is 0.290. The van der Waals surface area contributed by atoms with Gasteiger partial charge in [0, 0.05) is 23.3 Å². The first-order chi connectivity index (χ1) is 17.6. The van der Waals surface area contributed by atoms with Crippen LogP contribution in [0.3, 0.4) is 0 Å². The summed E-state index contributed by atoms with van der Waals surface area (Å²) in [6.07, 6.45) is 7.08. The van der Waals surface area contributed by atoms with Gasteiger partial charge in [0.15, 0.2) is 0 Å². The summed E-state index contributed by atoms with van der Waals surface area (Å²) >= 11 is 1.37. The number of nitrogens with one attached hydrogen (secondary N) is 1. The maximum atomic E-state index is 14.0. The number of carbonyl (C=O) groups is 2. The van der Waals surface area contributed by atoms with Gasteiger partial charge in [-0.05, 0) is 72.3 Å². The van der Waals surface area contributed by atoms with Gasteiger partial charge in [-0.1, -0.05) is 37.5 Å². The number of anilines is 1. The Morgan fingerprint density at radius 3 is 2.56 bits per heavy atom. The van der Waals surface area contributed by atoms with Crippen molar-refractivity contribution in [1.29, 1.82) is 0 Å². The molecule has 1 fully saturated rings. The highest BCUT2D eigenvalue weighted by Gasteiger charge is 2.35. The molecule has 7 heteroatoms.